The summed E-state index contributed by atoms with van der Waals surface area (Å²) in [6.45, 7) is 8.17. The highest BCUT2D eigenvalue weighted by molar-refractivity contribution is 7.99. The van der Waals surface area contributed by atoms with Crippen molar-refractivity contribution < 1.29 is 0 Å². The Bertz CT molecular complexity index is 402. The molecule has 0 saturated carbocycles. The van der Waals surface area contributed by atoms with Crippen molar-refractivity contribution in [3.8, 4) is 0 Å². The second-order valence-corrected chi connectivity index (χ2v) is 5.82. The molecule has 0 radical (unpaired) electrons. The lowest BCUT2D eigenvalue weighted by Crippen LogP contribution is -2.26. The number of rotatable bonds is 10. The number of thioether (sulfide) groups is 1. The third-order valence-electron chi connectivity index (χ3n) is 3.04. The minimum Gasteiger partial charge on any atom is -0.314 e. The van der Waals surface area contributed by atoms with E-state index in [9.17, 15) is 4.79 Å². The molecule has 6 heteroatoms. The zero-order valence-electron chi connectivity index (χ0n) is 12.2. The molecular formula is C13H26N4OS. The molecule has 1 unspecified atom stereocenters. The van der Waals surface area contributed by atoms with Gasteiger partial charge in [0.2, 0.25) is 0 Å². The molecule has 0 fully saturated rings. The Kier molecular flexibility index (Phi) is 7.90. The fourth-order valence-corrected chi connectivity index (χ4v) is 2.91. The van der Waals surface area contributed by atoms with Crippen LogP contribution in [0.1, 0.15) is 46.5 Å². The van der Waals surface area contributed by atoms with E-state index in [0.717, 1.165) is 23.9 Å². The van der Waals surface area contributed by atoms with Crippen molar-refractivity contribution in [2.45, 2.75) is 64.2 Å². The summed E-state index contributed by atoms with van der Waals surface area (Å²) in [4.78, 5) is 11.4. The van der Waals surface area contributed by atoms with E-state index in [4.69, 9.17) is 0 Å². The average molecular weight is 286 g/mol. The Morgan fingerprint density at radius 2 is 2.21 bits per heavy atom. The lowest BCUT2D eigenvalue weighted by atomic mass is 10.1. The number of nitrogens with one attached hydrogen (secondary N) is 2. The maximum Gasteiger partial charge on any atom is 0.343 e. The number of hydrogen-bond donors (Lipinski definition) is 2. The number of unbranched alkanes of at least 4 members (excludes halogenated alkanes) is 1. The first-order valence-corrected chi connectivity index (χ1v) is 8.19. The van der Waals surface area contributed by atoms with Crippen LogP contribution in [0.4, 0.5) is 0 Å². The Labute approximate surface area is 119 Å². The molecule has 2 N–H and O–H groups in total. The summed E-state index contributed by atoms with van der Waals surface area (Å²) in [6, 6.07) is 0.601. The predicted molar refractivity (Wildman–Crippen MR) is 80.9 cm³/mol. The summed E-state index contributed by atoms with van der Waals surface area (Å²) in [6.07, 6.45) is 4.77. The highest BCUT2D eigenvalue weighted by Gasteiger charge is 2.06. The van der Waals surface area contributed by atoms with Crippen molar-refractivity contribution in [3.05, 3.63) is 10.5 Å². The van der Waals surface area contributed by atoms with Crippen molar-refractivity contribution in [2.24, 2.45) is 0 Å². The molecule has 0 aliphatic carbocycles. The summed E-state index contributed by atoms with van der Waals surface area (Å²) in [7, 11) is 0. The third kappa shape index (κ3) is 5.82. The molecule has 110 valence electrons. The molecule has 5 nitrogen and oxygen atoms in total. The SMILES string of the molecule is CCCNC(C)CCCCSc1n[nH]c(=O)n1CC. The monoisotopic (exact) mass is 286 g/mol. The van der Waals surface area contributed by atoms with Gasteiger partial charge in [-0.3, -0.25) is 4.57 Å². The van der Waals surface area contributed by atoms with Crippen LogP contribution >= 0.6 is 11.8 Å². The van der Waals surface area contributed by atoms with Crippen molar-refractivity contribution in [3.63, 3.8) is 0 Å². The van der Waals surface area contributed by atoms with E-state index < -0.39 is 0 Å². The number of nitrogens with zero attached hydrogens (tertiary/aromatic N) is 2. The topological polar surface area (TPSA) is 62.7 Å². The van der Waals surface area contributed by atoms with Crippen LogP contribution in [0.5, 0.6) is 0 Å². The Balaban J connectivity index is 2.15. The van der Waals surface area contributed by atoms with Crippen LogP contribution in [0.2, 0.25) is 0 Å². The molecule has 0 bridgehead atoms. The lowest BCUT2D eigenvalue weighted by molar-refractivity contribution is 0.496. The Morgan fingerprint density at radius 3 is 2.89 bits per heavy atom. The first-order chi connectivity index (χ1) is 9.19. The molecule has 19 heavy (non-hydrogen) atoms. The van der Waals surface area contributed by atoms with Crippen molar-refractivity contribution in [2.75, 3.05) is 12.3 Å². The van der Waals surface area contributed by atoms with E-state index in [1.807, 2.05) is 6.92 Å². The standard InChI is InChI=1S/C13H26N4OS/c1-4-9-14-11(3)8-6-7-10-19-13-16-15-12(18)17(13)5-2/h11,14H,4-10H2,1-3H3,(H,15,18). The van der Waals surface area contributed by atoms with E-state index in [-0.39, 0.29) is 5.69 Å². The van der Waals surface area contributed by atoms with Gasteiger partial charge in [0.1, 0.15) is 0 Å². The van der Waals surface area contributed by atoms with Gasteiger partial charge in [-0.1, -0.05) is 25.1 Å². The van der Waals surface area contributed by atoms with Crippen LogP contribution in [0.25, 0.3) is 0 Å². The van der Waals surface area contributed by atoms with Gasteiger partial charge in [-0.2, -0.15) is 0 Å². The molecule has 0 saturated heterocycles. The van der Waals surface area contributed by atoms with E-state index in [2.05, 4.69) is 29.4 Å². The molecule has 1 atom stereocenters. The highest BCUT2D eigenvalue weighted by atomic mass is 32.2. The second kappa shape index (κ2) is 9.20. The van der Waals surface area contributed by atoms with Gasteiger partial charge >= 0.3 is 5.69 Å². The number of hydrogen-bond acceptors (Lipinski definition) is 4. The van der Waals surface area contributed by atoms with Crippen LogP contribution in [0.3, 0.4) is 0 Å². The largest absolute Gasteiger partial charge is 0.343 e. The van der Waals surface area contributed by atoms with Gasteiger partial charge in [0.05, 0.1) is 0 Å². The van der Waals surface area contributed by atoms with Gasteiger partial charge < -0.3 is 5.32 Å². The van der Waals surface area contributed by atoms with E-state index in [1.165, 1.54) is 19.3 Å². The quantitative estimate of drug-likeness (QED) is 0.511. The minimum absolute atomic E-state index is 0.109. The maximum atomic E-state index is 11.4. The Morgan fingerprint density at radius 1 is 1.42 bits per heavy atom. The molecule has 1 aromatic heterocycles. The summed E-state index contributed by atoms with van der Waals surface area (Å²) in [5, 5.41) is 10.8. The van der Waals surface area contributed by atoms with Crippen LogP contribution in [0.15, 0.2) is 9.95 Å². The average Bonchev–Trinajstić information content (AvgIpc) is 2.76. The zero-order valence-corrected chi connectivity index (χ0v) is 13.1. The smallest absolute Gasteiger partial charge is 0.314 e. The van der Waals surface area contributed by atoms with Crippen LogP contribution in [0, 0.1) is 0 Å². The van der Waals surface area contributed by atoms with E-state index in [0.29, 0.717) is 12.6 Å². The first-order valence-electron chi connectivity index (χ1n) is 7.20. The number of aromatic amines is 1. The molecule has 0 spiro atoms. The highest BCUT2D eigenvalue weighted by Crippen LogP contribution is 2.15. The van der Waals surface area contributed by atoms with Crippen LogP contribution < -0.4 is 11.0 Å². The van der Waals surface area contributed by atoms with Crippen molar-refractivity contribution >= 4 is 11.8 Å². The molecule has 0 aromatic carbocycles. The maximum absolute atomic E-state index is 11.4. The van der Waals surface area contributed by atoms with Crippen molar-refractivity contribution in [1.82, 2.24) is 20.1 Å². The summed E-state index contributed by atoms with van der Waals surface area (Å²) in [5.41, 5.74) is -0.109. The van der Waals surface area contributed by atoms with Crippen molar-refractivity contribution in [1.29, 1.82) is 0 Å². The van der Waals surface area contributed by atoms with Gasteiger partial charge in [-0.05, 0) is 39.7 Å². The van der Waals surface area contributed by atoms with Gasteiger partial charge in [-0.15, -0.1) is 5.10 Å². The lowest BCUT2D eigenvalue weighted by Gasteiger charge is -2.12. The van der Waals surface area contributed by atoms with Gasteiger partial charge in [0, 0.05) is 18.3 Å². The fourth-order valence-electron chi connectivity index (χ4n) is 1.90. The normalized spacial score (nSPS) is 12.8. The first kappa shape index (κ1) is 16.3. The Hall–Kier alpha value is -0.750. The summed E-state index contributed by atoms with van der Waals surface area (Å²) < 4.78 is 1.68. The third-order valence-corrected chi connectivity index (χ3v) is 4.11. The summed E-state index contributed by atoms with van der Waals surface area (Å²) in [5.74, 6) is 1.02. The molecule has 0 aliphatic rings. The van der Waals surface area contributed by atoms with Gasteiger partial charge in [-0.25, -0.2) is 9.89 Å². The van der Waals surface area contributed by atoms with Gasteiger partial charge in [0.15, 0.2) is 5.16 Å². The molecule has 1 rings (SSSR count). The molecule has 0 aliphatic heterocycles. The fraction of sp³-hybridized carbons (Fsp3) is 0.846. The predicted octanol–water partition coefficient (Wildman–Crippen LogP) is 2.24. The van der Waals surface area contributed by atoms with Gasteiger partial charge in [0.25, 0.3) is 0 Å². The number of aromatic nitrogens is 3. The second-order valence-electron chi connectivity index (χ2n) is 4.76. The van der Waals surface area contributed by atoms with E-state index in [1.54, 1.807) is 16.3 Å². The molecular weight excluding hydrogens is 260 g/mol. The molecule has 0 amide bonds. The van der Waals surface area contributed by atoms with Crippen LogP contribution in [-0.2, 0) is 6.54 Å². The molecule has 1 aromatic rings. The zero-order chi connectivity index (χ0) is 14.1. The number of H-pyrrole nitrogens is 1. The minimum atomic E-state index is -0.109. The molecule has 1 heterocycles. The van der Waals surface area contributed by atoms with Crippen LogP contribution in [-0.4, -0.2) is 33.1 Å². The van der Waals surface area contributed by atoms with E-state index >= 15 is 0 Å². The summed E-state index contributed by atoms with van der Waals surface area (Å²) >= 11 is 1.66.